The molecule has 0 spiro atoms. The lowest BCUT2D eigenvalue weighted by Gasteiger charge is -2.13. The van der Waals surface area contributed by atoms with E-state index in [0.29, 0.717) is 19.0 Å². The molecule has 0 fully saturated rings. The maximum atomic E-state index is 5.89. The predicted molar refractivity (Wildman–Crippen MR) is 54.2 cm³/mol. The molecular formula is C10H16N2O2. The van der Waals surface area contributed by atoms with Gasteiger partial charge in [0.15, 0.2) is 0 Å². The number of hydrogen-bond donors (Lipinski definition) is 1. The third-order valence-corrected chi connectivity index (χ3v) is 1.87. The molecule has 0 saturated carbocycles. The number of nitrogens with two attached hydrogens (primary N) is 1. The van der Waals surface area contributed by atoms with Crippen molar-refractivity contribution < 1.29 is 9.47 Å². The van der Waals surface area contributed by atoms with Crippen LogP contribution in [0.5, 0.6) is 5.75 Å². The van der Waals surface area contributed by atoms with Crippen molar-refractivity contribution >= 4 is 0 Å². The van der Waals surface area contributed by atoms with Crippen molar-refractivity contribution in [2.45, 2.75) is 13.0 Å². The summed E-state index contributed by atoms with van der Waals surface area (Å²) in [6.45, 7) is 3.05. The highest BCUT2D eigenvalue weighted by Gasteiger charge is 2.12. The monoisotopic (exact) mass is 196 g/mol. The Morgan fingerprint density at radius 1 is 1.57 bits per heavy atom. The Labute approximate surface area is 84.0 Å². The second kappa shape index (κ2) is 5.57. The van der Waals surface area contributed by atoms with Crippen molar-refractivity contribution in [2.24, 2.45) is 5.73 Å². The van der Waals surface area contributed by atoms with Crippen LogP contribution in [0.3, 0.4) is 0 Å². The number of aromatic nitrogens is 1. The number of pyridine rings is 1. The van der Waals surface area contributed by atoms with Crippen LogP contribution in [0.4, 0.5) is 0 Å². The fraction of sp³-hybridized carbons (Fsp3) is 0.500. The molecule has 0 saturated heterocycles. The summed E-state index contributed by atoms with van der Waals surface area (Å²) in [5.41, 5.74) is 6.63. The number of methoxy groups -OCH3 is 1. The topological polar surface area (TPSA) is 57.4 Å². The van der Waals surface area contributed by atoms with Crippen molar-refractivity contribution in [3.05, 3.63) is 24.0 Å². The van der Waals surface area contributed by atoms with Crippen molar-refractivity contribution in [2.75, 3.05) is 20.3 Å². The van der Waals surface area contributed by atoms with Crippen LogP contribution in [0.25, 0.3) is 0 Å². The first kappa shape index (κ1) is 10.9. The molecule has 1 rings (SSSR count). The smallest absolute Gasteiger partial charge is 0.142 e. The largest absolute Gasteiger partial charge is 0.495 e. The van der Waals surface area contributed by atoms with Gasteiger partial charge in [-0.15, -0.1) is 0 Å². The first-order chi connectivity index (χ1) is 6.79. The number of hydrogen-bond acceptors (Lipinski definition) is 4. The minimum Gasteiger partial charge on any atom is -0.495 e. The highest BCUT2D eigenvalue weighted by atomic mass is 16.5. The number of nitrogens with zero attached hydrogens (tertiary/aromatic N) is 1. The Hall–Kier alpha value is -1.13. The fourth-order valence-corrected chi connectivity index (χ4v) is 1.18. The van der Waals surface area contributed by atoms with E-state index in [9.17, 15) is 0 Å². The zero-order valence-corrected chi connectivity index (χ0v) is 8.56. The van der Waals surface area contributed by atoms with Crippen LogP contribution in [-0.2, 0) is 4.74 Å². The molecule has 0 bridgehead atoms. The van der Waals surface area contributed by atoms with Gasteiger partial charge < -0.3 is 15.2 Å². The molecule has 2 N–H and O–H groups in total. The van der Waals surface area contributed by atoms with E-state index in [0.717, 1.165) is 5.69 Å². The van der Waals surface area contributed by atoms with Crippen LogP contribution in [0.1, 0.15) is 18.7 Å². The highest BCUT2D eigenvalue weighted by molar-refractivity contribution is 5.29. The van der Waals surface area contributed by atoms with E-state index in [-0.39, 0.29) is 6.04 Å². The summed E-state index contributed by atoms with van der Waals surface area (Å²) in [5, 5.41) is 0. The van der Waals surface area contributed by atoms with Gasteiger partial charge in [-0.25, -0.2) is 0 Å². The van der Waals surface area contributed by atoms with E-state index in [1.807, 2.05) is 19.1 Å². The minimum atomic E-state index is -0.230. The zero-order chi connectivity index (χ0) is 10.4. The highest BCUT2D eigenvalue weighted by Crippen LogP contribution is 2.20. The molecule has 0 aliphatic carbocycles. The van der Waals surface area contributed by atoms with E-state index in [1.54, 1.807) is 13.3 Å². The standard InChI is InChI=1S/C10H16N2O2/c1-3-14-7-8(11)10-9(13-2)5-4-6-12-10/h4-6,8H,3,7,11H2,1-2H3. The molecule has 4 heteroatoms. The van der Waals surface area contributed by atoms with E-state index in [2.05, 4.69) is 4.98 Å². The lowest BCUT2D eigenvalue weighted by atomic mass is 10.2. The summed E-state index contributed by atoms with van der Waals surface area (Å²) < 4.78 is 10.4. The normalized spacial score (nSPS) is 12.5. The molecule has 1 atom stereocenters. The van der Waals surface area contributed by atoms with E-state index in [4.69, 9.17) is 15.2 Å². The summed E-state index contributed by atoms with van der Waals surface area (Å²) in [4.78, 5) is 4.17. The van der Waals surface area contributed by atoms with Gasteiger partial charge in [0.2, 0.25) is 0 Å². The molecule has 78 valence electrons. The van der Waals surface area contributed by atoms with Gasteiger partial charge in [0.05, 0.1) is 19.8 Å². The van der Waals surface area contributed by atoms with Gasteiger partial charge in [-0.2, -0.15) is 0 Å². The molecule has 0 aromatic carbocycles. The van der Waals surface area contributed by atoms with E-state index >= 15 is 0 Å². The third-order valence-electron chi connectivity index (χ3n) is 1.87. The van der Waals surface area contributed by atoms with E-state index < -0.39 is 0 Å². The van der Waals surface area contributed by atoms with Gasteiger partial charge in [0.25, 0.3) is 0 Å². The van der Waals surface area contributed by atoms with Gasteiger partial charge in [0.1, 0.15) is 11.4 Å². The summed E-state index contributed by atoms with van der Waals surface area (Å²) in [6.07, 6.45) is 1.70. The molecule has 1 aromatic heterocycles. The maximum absolute atomic E-state index is 5.89. The second-order valence-corrected chi connectivity index (χ2v) is 2.86. The summed E-state index contributed by atoms with van der Waals surface area (Å²) in [7, 11) is 1.61. The lowest BCUT2D eigenvalue weighted by Crippen LogP contribution is -2.19. The van der Waals surface area contributed by atoms with Crippen molar-refractivity contribution in [1.82, 2.24) is 4.98 Å². The second-order valence-electron chi connectivity index (χ2n) is 2.86. The molecule has 1 unspecified atom stereocenters. The first-order valence-electron chi connectivity index (χ1n) is 4.61. The molecule has 0 aliphatic heterocycles. The quantitative estimate of drug-likeness (QED) is 0.766. The van der Waals surface area contributed by atoms with Gasteiger partial charge >= 0.3 is 0 Å². The lowest BCUT2D eigenvalue weighted by molar-refractivity contribution is 0.131. The van der Waals surface area contributed by atoms with Crippen molar-refractivity contribution in [1.29, 1.82) is 0 Å². The molecule has 0 radical (unpaired) electrons. The molecular weight excluding hydrogens is 180 g/mol. The average molecular weight is 196 g/mol. The van der Waals surface area contributed by atoms with Gasteiger partial charge in [-0.3, -0.25) is 4.98 Å². The minimum absolute atomic E-state index is 0.230. The molecule has 0 aliphatic rings. The van der Waals surface area contributed by atoms with Crippen molar-refractivity contribution in [3.63, 3.8) is 0 Å². The zero-order valence-electron chi connectivity index (χ0n) is 8.56. The summed E-state index contributed by atoms with van der Waals surface area (Å²) >= 11 is 0. The molecule has 0 amide bonds. The number of ether oxygens (including phenoxy) is 2. The molecule has 1 aromatic rings. The van der Waals surface area contributed by atoms with Crippen LogP contribution in [-0.4, -0.2) is 25.3 Å². The van der Waals surface area contributed by atoms with E-state index in [1.165, 1.54) is 0 Å². The summed E-state index contributed by atoms with van der Waals surface area (Å²) in [6, 6.07) is 3.43. The van der Waals surface area contributed by atoms with Crippen LogP contribution in [0.2, 0.25) is 0 Å². The molecule has 1 heterocycles. The third kappa shape index (κ3) is 2.68. The van der Waals surface area contributed by atoms with Crippen molar-refractivity contribution in [3.8, 4) is 5.75 Å². The molecule has 4 nitrogen and oxygen atoms in total. The predicted octanol–water partition coefficient (Wildman–Crippen LogP) is 1.13. The van der Waals surface area contributed by atoms with Crippen LogP contribution in [0, 0.1) is 0 Å². The summed E-state index contributed by atoms with van der Waals surface area (Å²) in [5.74, 6) is 0.708. The average Bonchev–Trinajstić information content (AvgIpc) is 2.25. The van der Waals surface area contributed by atoms with Crippen LogP contribution >= 0.6 is 0 Å². The van der Waals surface area contributed by atoms with Gasteiger partial charge in [0, 0.05) is 12.8 Å². The van der Waals surface area contributed by atoms with Gasteiger partial charge in [-0.05, 0) is 19.1 Å². The number of rotatable bonds is 5. The van der Waals surface area contributed by atoms with Crippen LogP contribution in [0.15, 0.2) is 18.3 Å². The Balaban J connectivity index is 2.72. The fourth-order valence-electron chi connectivity index (χ4n) is 1.18. The van der Waals surface area contributed by atoms with Gasteiger partial charge in [-0.1, -0.05) is 0 Å². The molecule has 14 heavy (non-hydrogen) atoms. The Morgan fingerprint density at radius 2 is 2.36 bits per heavy atom. The first-order valence-corrected chi connectivity index (χ1v) is 4.61. The van der Waals surface area contributed by atoms with Crippen LogP contribution < -0.4 is 10.5 Å². The SMILES string of the molecule is CCOCC(N)c1ncccc1OC. The Bertz CT molecular complexity index is 279. The Morgan fingerprint density at radius 3 is 3.00 bits per heavy atom. The Kier molecular flexibility index (Phi) is 4.35. The maximum Gasteiger partial charge on any atom is 0.142 e.